The Balaban J connectivity index is 2.11. The summed E-state index contributed by atoms with van der Waals surface area (Å²) < 4.78 is 6.01. The molecule has 2 aromatic rings. The minimum atomic E-state index is -0.632. The molecule has 1 aromatic carbocycles. The first-order valence-corrected chi connectivity index (χ1v) is 6.19. The topological polar surface area (TPSA) is 142 Å². The van der Waals surface area contributed by atoms with E-state index in [4.69, 9.17) is 4.74 Å². The number of nitrogens with zero attached hydrogens (tertiary/aromatic N) is 4. The van der Waals surface area contributed by atoms with Crippen molar-refractivity contribution in [2.45, 2.75) is 6.54 Å². The van der Waals surface area contributed by atoms with E-state index in [2.05, 4.69) is 10.4 Å². The van der Waals surface area contributed by atoms with Crippen molar-refractivity contribution in [2.75, 3.05) is 12.4 Å². The van der Waals surface area contributed by atoms with Gasteiger partial charge in [0.25, 0.3) is 5.69 Å². The molecule has 0 aliphatic heterocycles. The number of hydrogen-bond donors (Lipinski definition) is 1. The third-order valence-electron chi connectivity index (χ3n) is 2.76. The maximum Gasteiger partial charge on any atom is 0.307 e. The van der Waals surface area contributed by atoms with Crippen LogP contribution in [0.2, 0.25) is 0 Å². The van der Waals surface area contributed by atoms with Crippen LogP contribution < -0.4 is 10.1 Å². The number of carbonyl (C=O) groups is 1. The fourth-order valence-electron chi connectivity index (χ4n) is 1.76. The first kappa shape index (κ1) is 15.9. The molecule has 0 aliphatic carbocycles. The highest BCUT2D eigenvalue weighted by atomic mass is 16.6. The van der Waals surface area contributed by atoms with Crippen molar-refractivity contribution in [1.29, 1.82) is 0 Å². The highest BCUT2D eigenvalue weighted by Gasteiger charge is 2.14. The van der Waals surface area contributed by atoms with E-state index < -0.39 is 15.8 Å². The summed E-state index contributed by atoms with van der Waals surface area (Å²) in [5, 5.41) is 27.5. The fourth-order valence-corrected chi connectivity index (χ4v) is 1.76. The van der Waals surface area contributed by atoms with Crippen molar-refractivity contribution < 1.29 is 19.4 Å². The normalized spacial score (nSPS) is 10.1. The molecule has 1 aromatic heterocycles. The molecule has 2 rings (SSSR count). The van der Waals surface area contributed by atoms with Gasteiger partial charge >= 0.3 is 5.69 Å². The highest BCUT2D eigenvalue weighted by Crippen LogP contribution is 2.25. The molecule has 0 atom stereocenters. The second kappa shape index (κ2) is 6.51. The Morgan fingerprint density at radius 1 is 1.26 bits per heavy atom. The Morgan fingerprint density at radius 3 is 2.52 bits per heavy atom. The summed E-state index contributed by atoms with van der Waals surface area (Å²) in [6.45, 7) is -0.279. The standard InChI is InChI=1S/C12H11N5O6/c1-23-11-3-8(2-9(4-11)16(19)20)14-12(18)7-15-6-10(5-13-15)17(21)22/h2-6H,7H2,1H3,(H,14,18). The lowest BCUT2D eigenvalue weighted by molar-refractivity contribution is -0.385. The van der Waals surface area contributed by atoms with Crippen LogP contribution in [-0.4, -0.2) is 32.6 Å². The Morgan fingerprint density at radius 2 is 1.96 bits per heavy atom. The van der Waals surface area contributed by atoms with Gasteiger partial charge in [-0.3, -0.25) is 29.7 Å². The van der Waals surface area contributed by atoms with Crippen LogP contribution in [0.1, 0.15) is 0 Å². The summed E-state index contributed by atoms with van der Waals surface area (Å²) in [6, 6.07) is 3.80. The molecule has 0 unspecified atom stereocenters. The van der Waals surface area contributed by atoms with Gasteiger partial charge in [0, 0.05) is 12.1 Å². The zero-order valence-electron chi connectivity index (χ0n) is 11.8. The number of carbonyl (C=O) groups excluding carboxylic acids is 1. The average Bonchev–Trinajstić information content (AvgIpc) is 2.95. The molecule has 0 aliphatic rings. The first-order valence-electron chi connectivity index (χ1n) is 6.19. The van der Waals surface area contributed by atoms with E-state index in [1.54, 1.807) is 0 Å². The van der Waals surface area contributed by atoms with Crippen LogP contribution in [0, 0.1) is 20.2 Å². The molecule has 11 nitrogen and oxygen atoms in total. The van der Waals surface area contributed by atoms with E-state index in [0.29, 0.717) is 0 Å². The lowest BCUT2D eigenvalue weighted by atomic mass is 10.2. The summed E-state index contributed by atoms with van der Waals surface area (Å²) in [4.78, 5) is 32.0. The SMILES string of the molecule is COc1cc(NC(=O)Cn2cc([N+](=O)[O-])cn2)cc([N+](=O)[O-])c1. The zero-order chi connectivity index (χ0) is 17.0. The average molecular weight is 321 g/mol. The zero-order valence-corrected chi connectivity index (χ0v) is 11.8. The molecule has 0 radical (unpaired) electrons. The highest BCUT2D eigenvalue weighted by molar-refractivity contribution is 5.91. The number of nitro benzene ring substituents is 1. The molecular formula is C12H11N5O6. The molecule has 1 heterocycles. The van der Waals surface area contributed by atoms with Gasteiger partial charge in [-0.1, -0.05) is 0 Å². The lowest BCUT2D eigenvalue weighted by Gasteiger charge is -2.07. The van der Waals surface area contributed by atoms with Crippen LogP contribution in [0.25, 0.3) is 0 Å². The number of hydrogen-bond acceptors (Lipinski definition) is 7. The van der Waals surface area contributed by atoms with Crippen molar-refractivity contribution in [2.24, 2.45) is 0 Å². The van der Waals surface area contributed by atoms with Gasteiger partial charge in [0.2, 0.25) is 5.91 Å². The van der Waals surface area contributed by atoms with Gasteiger partial charge in [-0.05, 0) is 0 Å². The smallest absolute Gasteiger partial charge is 0.307 e. The van der Waals surface area contributed by atoms with E-state index in [0.717, 1.165) is 17.1 Å². The second-order valence-electron chi connectivity index (χ2n) is 4.38. The third kappa shape index (κ3) is 4.00. The number of anilines is 1. The number of rotatable bonds is 6. The Bertz CT molecular complexity index is 771. The minimum absolute atomic E-state index is 0.169. The molecule has 1 N–H and O–H groups in total. The van der Waals surface area contributed by atoms with Crippen LogP contribution in [-0.2, 0) is 11.3 Å². The molecule has 0 fully saturated rings. The fraction of sp³-hybridized carbons (Fsp3) is 0.167. The van der Waals surface area contributed by atoms with Crippen molar-refractivity contribution >= 4 is 23.0 Å². The molecule has 0 bridgehead atoms. The Hall–Kier alpha value is -3.50. The van der Waals surface area contributed by atoms with Gasteiger partial charge in [0.15, 0.2) is 0 Å². The summed E-state index contributed by atoms with van der Waals surface area (Å²) in [5.41, 5.74) is -0.313. The van der Waals surface area contributed by atoms with Crippen LogP contribution in [0.15, 0.2) is 30.6 Å². The van der Waals surface area contributed by atoms with Crippen LogP contribution in [0.5, 0.6) is 5.75 Å². The van der Waals surface area contributed by atoms with E-state index >= 15 is 0 Å². The van der Waals surface area contributed by atoms with Crippen LogP contribution in [0.4, 0.5) is 17.1 Å². The third-order valence-corrected chi connectivity index (χ3v) is 2.76. The van der Waals surface area contributed by atoms with Gasteiger partial charge in [-0.15, -0.1) is 0 Å². The second-order valence-corrected chi connectivity index (χ2v) is 4.38. The van der Waals surface area contributed by atoms with Gasteiger partial charge in [-0.2, -0.15) is 5.10 Å². The Kier molecular flexibility index (Phi) is 4.50. The number of benzene rings is 1. The lowest BCUT2D eigenvalue weighted by Crippen LogP contribution is -2.19. The van der Waals surface area contributed by atoms with E-state index in [9.17, 15) is 25.0 Å². The molecule has 0 spiro atoms. The maximum absolute atomic E-state index is 11.9. The Labute approximate surface area is 128 Å². The number of nitro groups is 2. The van der Waals surface area contributed by atoms with Crippen molar-refractivity contribution in [3.63, 3.8) is 0 Å². The quantitative estimate of drug-likeness (QED) is 0.624. The molecular weight excluding hydrogens is 310 g/mol. The molecule has 0 saturated heterocycles. The number of ether oxygens (including phenoxy) is 1. The summed E-state index contributed by atoms with van der Waals surface area (Å²) in [6.07, 6.45) is 2.12. The van der Waals surface area contributed by atoms with E-state index in [1.165, 1.54) is 25.3 Å². The first-order chi connectivity index (χ1) is 10.9. The van der Waals surface area contributed by atoms with Crippen LogP contribution in [0.3, 0.4) is 0 Å². The van der Waals surface area contributed by atoms with E-state index in [-0.39, 0.29) is 29.4 Å². The predicted octanol–water partition coefficient (Wildman–Crippen LogP) is 1.35. The number of aromatic nitrogens is 2. The summed E-state index contributed by atoms with van der Waals surface area (Å²) in [5.74, 6) is -0.338. The number of amides is 1. The van der Waals surface area contributed by atoms with Gasteiger partial charge < -0.3 is 10.1 Å². The molecule has 1 amide bonds. The minimum Gasteiger partial charge on any atom is -0.496 e. The largest absolute Gasteiger partial charge is 0.496 e. The summed E-state index contributed by atoms with van der Waals surface area (Å²) >= 11 is 0. The van der Waals surface area contributed by atoms with Gasteiger partial charge in [0.05, 0.1) is 28.7 Å². The molecule has 0 saturated carbocycles. The van der Waals surface area contributed by atoms with Gasteiger partial charge in [-0.25, -0.2) is 0 Å². The molecule has 11 heteroatoms. The van der Waals surface area contributed by atoms with Gasteiger partial charge in [0.1, 0.15) is 24.7 Å². The number of nitrogens with one attached hydrogen (secondary N) is 1. The summed E-state index contributed by atoms with van der Waals surface area (Å²) in [7, 11) is 1.34. The molecule has 120 valence electrons. The molecule has 23 heavy (non-hydrogen) atoms. The maximum atomic E-state index is 11.9. The predicted molar refractivity (Wildman–Crippen MR) is 77.2 cm³/mol. The van der Waals surface area contributed by atoms with E-state index in [1.807, 2.05) is 0 Å². The van der Waals surface area contributed by atoms with Crippen LogP contribution >= 0.6 is 0 Å². The number of non-ortho nitro benzene ring substituents is 1. The monoisotopic (exact) mass is 321 g/mol. The van der Waals surface area contributed by atoms with Crippen molar-refractivity contribution in [3.05, 3.63) is 50.8 Å². The number of methoxy groups -OCH3 is 1. The van der Waals surface area contributed by atoms with Crippen molar-refractivity contribution in [3.8, 4) is 5.75 Å². The van der Waals surface area contributed by atoms with Crippen molar-refractivity contribution in [1.82, 2.24) is 9.78 Å².